The Morgan fingerprint density at radius 2 is 1.81 bits per heavy atom. The highest BCUT2D eigenvalue weighted by Crippen LogP contribution is 2.18. The maximum atomic E-state index is 12.0. The molecule has 2 aromatic rings. The van der Waals surface area contributed by atoms with Crippen LogP contribution in [0, 0.1) is 0 Å². The number of hydrogen-bond donors (Lipinski definition) is 0. The van der Waals surface area contributed by atoms with Crippen molar-refractivity contribution in [2.75, 3.05) is 13.2 Å². The number of benzene rings is 2. The largest absolute Gasteiger partial charge is 0.493 e. The van der Waals surface area contributed by atoms with Crippen molar-refractivity contribution in [3.05, 3.63) is 60.2 Å². The van der Waals surface area contributed by atoms with E-state index in [0.717, 1.165) is 5.69 Å². The van der Waals surface area contributed by atoms with E-state index in [1.54, 1.807) is 24.4 Å². The fourth-order valence-electron chi connectivity index (χ4n) is 1.76. The summed E-state index contributed by atoms with van der Waals surface area (Å²) in [5.74, 6) is 0.114. The Hall–Kier alpha value is -2.62. The molecular formula is C17H17NO3. The molecule has 2 aromatic carbocycles. The van der Waals surface area contributed by atoms with Crippen molar-refractivity contribution in [2.45, 2.75) is 6.92 Å². The summed E-state index contributed by atoms with van der Waals surface area (Å²) >= 11 is 0. The van der Waals surface area contributed by atoms with Crippen molar-refractivity contribution >= 4 is 17.9 Å². The molecule has 4 nitrogen and oxygen atoms in total. The average Bonchev–Trinajstić information content (AvgIpc) is 2.53. The van der Waals surface area contributed by atoms with Gasteiger partial charge in [-0.3, -0.25) is 4.99 Å². The van der Waals surface area contributed by atoms with Crippen LogP contribution < -0.4 is 4.74 Å². The minimum absolute atomic E-state index is 0.119. The van der Waals surface area contributed by atoms with Gasteiger partial charge in [0, 0.05) is 6.21 Å². The molecule has 0 aromatic heterocycles. The monoisotopic (exact) mass is 283 g/mol. The lowest BCUT2D eigenvalue weighted by Crippen LogP contribution is -2.09. The zero-order valence-corrected chi connectivity index (χ0v) is 11.9. The number of esters is 1. The van der Waals surface area contributed by atoms with Crippen LogP contribution in [0.15, 0.2) is 59.6 Å². The Bertz CT molecular complexity index is 608. The number of para-hydroxylation sites is 2. The first kappa shape index (κ1) is 14.8. The summed E-state index contributed by atoms with van der Waals surface area (Å²) < 4.78 is 10.6. The molecule has 0 fully saturated rings. The molecule has 0 aliphatic rings. The van der Waals surface area contributed by atoms with E-state index in [2.05, 4.69) is 4.99 Å². The smallest absolute Gasteiger partial charge is 0.342 e. The lowest BCUT2D eigenvalue weighted by atomic mass is 10.2. The van der Waals surface area contributed by atoms with Crippen molar-refractivity contribution < 1.29 is 14.3 Å². The first-order valence-electron chi connectivity index (χ1n) is 6.77. The second-order valence-corrected chi connectivity index (χ2v) is 4.17. The van der Waals surface area contributed by atoms with Crippen LogP contribution in [0.25, 0.3) is 0 Å². The van der Waals surface area contributed by atoms with Crippen molar-refractivity contribution in [2.24, 2.45) is 4.99 Å². The van der Waals surface area contributed by atoms with Crippen LogP contribution in [0.2, 0.25) is 0 Å². The van der Waals surface area contributed by atoms with E-state index >= 15 is 0 Å². The van der Waals surface area contributed by atoms with Crippen LogP contribution in [0.3, 0.4) is 0 Å². The van der Waals surface area contributed by atoms with E-state index < -0.39 is 5.97 Å². The van der Waals surface area contributed by atoms with Gasteiger partial charge in [-0.1, -0.05) is 30.3 Å². The fourth-order valence-corrected chi connectivity index (χ4v) is 1.76. The van der Waals surface area contributed by atoms with Crippen molar-refractivity contribution in [1.29, 1.82) is 0 Å². The van der Waals surface area contributed by atoms with Crippen LogP contribution >= 0.6 is 0 Å². The van der Waals surface area contributed by atoms with Gasteiger partial charge < -0.3 is 9.47 Å². The highest BCUT2D eigenvalue weighted by molar-refractivity contribution is 5.93. The molecule has 0 radical (unpaired) electrons. The van der Waals surface area contributed by atoms with E-state index in [4.69, 9.17) is 9.47 Å². The van der Waals surface area contributed by atoms with Gasteiger partial charge in [-0.25, -0.2) is 4.79 Å². The maximum absolute atomic E-state index is 12.0. The van der Waals surface area contributed by atoms with E-state index in [9.17, 15) is 4.79 Å². The predicted octanol–water partition coefficient (Wildman–Crippen LogP) is 3.64. The number of nitrogens with zero attached hydrogens (tertiary/aromatic N) is 1. The molecular weight excluding hydrogens is 266 g/mol. The van der Waals surface area contributed by atoms with Gasteiger partial charge in [0.1, 0.15) is 17.9 Å². The van der Waals surface area contributed by atoms with E-state index in [-0.39, 0.29) is 6.61 Å². The number of hydrogen-bond acceptors (Lipinski definition) is 4. The third-order valence-corrected chi connectivity index (χ3v) is 2.69. The first-order chi connectivity index (χ1) is 10.3. The third-order valence-electron chi connectivity index (χ3n) is 2.69. The predicted molar refractivity (Wildman–Crippen MR) is 82.5 cm³/mol. The van der Waals surface area contributed by atoms with Gasteiger partial charge in [-0.2, -0.15) is 0 Å². The molecule has 0 bridgehead atoms. The molecule has 0 unspecified atom stereocenters. The minimum Gasteiger partial charge on any atom is -0.493 e. The fraction of sp³-hybridized carbons (Fsp3) is 0.176. The van der Waals surface area contributed by atoms with Crippen LogP contribution in [-0.4, -0.2) is 25.4 Å². The highest BCUT2D eigenvalue weighted by atomic mass is 16.5. The molecule has 0 aliphatic heterocycles. The Morgan fingerprint density at radius 3 is 2.57 bits per heavy atom. The van der Waals surface area contributed by atoms with Crippen molar-refractivity contribution in [3.63, 3.8) is 0 Å². The number of aliphatic imine (C=N–C) groups is 1. The molecule has 0 aliphatic carbocycles. The van der Waals surface area contributed by atoms with E-state index in [0.29, 0.717) is 17.9 Å². The molecule has 0 saturated carbocycles. The standard InChI is InChI=1S/C17H17NO3/c1-2-20-16-11-7-6-10-15(16)17(19)21-13-12-18-14-8-4-3-5-9-14/h3-12H,2,13H2,1H3. The van der Waals surface area contributed by atoms with Crippen LogP contribution in [-0.2, 0) is 4.74 Å². The Balaban J connectivity index is 1.92. The summed E-state index contributed by atoms with van der Waals surface area (Å²) in [7, 11) is 0. The molecule has 0 N–H and O–H groups in total. The Morgan fingerprint density at radius 1 is 1.10 bits per heavy atom. The summed E-state index contributed by atoms with van der Waals surface area (Å²) in [5, 5.41) is 0. The van der Waals surface area contributed by atoms with E-state index in [1.807, 2.05) is 43.3 Å². The zero-order chi connectivity index (χ0) is 14.9. The summed E-state index contributed by atoms with van der Waals surface area (Å²) in [6.07, 6.45) is 1.57. The van der Waals surface area contributed by atoms with Crippen LogP contribution in [0.5, 0.6) is 5.75 Å². The number of carbonyl (C=O) groups excluding carboxylic acids is 1. The summed E-state index contributed by atoms with van der Waals surface area (Å²) in [5.41, 5.74) is 1.25. The van der Waals surface area contributed by atoms with Gasteiger partial charge >= 0.3 is 5.97 Å². The summed E-state index contributed by atoms with van der Waals surface area (Å²) in [6, 6.07) is 16.5. The quantitative estimate of drug-likeness (QED) is 0.600. The van der Waals surface area contributed by atoms with E-state index in [1.165, 1.54) is 0 Å². The molecule has 4 heteroatoms. The van der Waals surface area contributed by atoms with Crippen LogP contribution in [0.4, 0.5) is 5.69 Å². The van der Waals surface area contributed by atoms with Crippen LogP contribution in [0.1, 0.15) is 17.3 Å². The average molecular weight is 283 g/mol. The Kier molecular flexibility index (Phi) is 5.52. The van der Waals surface area contributed by atoms with Gasteiger partial charge in [-0.15, -0.1) is 0 Å². The number of carbonyl (C=O) groups is 1. The molecule has 21 heavy (non-hydrogen) atoms. The van der Waals surface area contributed by atoms with Gasteiger partial charge in [0.05, 0.1) is 12.3 Å². The number of ether oxygens (including phenoxy) is 2. The van der Waals surface area contributed by atoms with Gasteiger partial charge in [-0.05, 0) is 31.2 Å². The molecule has 0 amide bonds. The molecule has 2 rings (SSSR count). The summed E-state index contributed by atoms with van der Waals surface area (Å²) in [6.45, 7) is 2.49. The zero-order valence-electron chi connectivity index (χ0n) is 11.9. The van der Waals surface area contributed by atoms with Crippen molar-refractivity contribution in [1.82, 2.24) is 0 Å². The molecule has 0 saturated heterocycles. The molecule has 0 atom stereocenters. The topological polar surface area (TPSA) is 47.9 Å². The maximum Gasteiger partial charge on any atom is 0.342 e. The van der Waals surface area contributed by atoms with Gasteiger partial charge in [0.2, 0.25) is 0 Å². The Labute approximate surface area is 124 Å². The molecule has 108 valence electrons. The molecule has 0 spiro atoms. The normalized spacial score (nSPS) is 10.5. The van der Waals surface area contributed by atoms with Gasteiger partial charge in [0.15, 0.2) is 0 Å². The van der Waals surface area contributed by atoms with Gasteiger partial charge in [0.25, 0.3) is 0 Å². The second kappa shape index (κ2) is 7.85. The lowest BCUT2D eigenvalue weighted by molar-refractivity contribution is 0.0562. The lowest BCUT2D eigenvalue weighted by Gasteiger charge is -2.08. The highest BCUT2D eigenvalue weighted by Gasteiger charge is 2.12. The second-order valence-electron chi connectivity index (χ2n) is 4.17. The SMILES string of the molecule is CCOc1ccccc1C(=O)OCC=Nc1ccccc1. The minimum atomic E-state index is -0.418. The number of rotatable bonds is 6. The molecule has 0 heterocycles. The van der Waals surface area contributed by atoms with Crippen molar-refractivity contribution in [3.8, 4) is 5.75 Å². The first-order valence-corrected chi connectivity index (χ1v) is 6.77. The summed E-state index contributed by atoms with van der Waals surface area (Å²) in [4.78, 5) is 16.2. The third kappa shape index (κ3) is 4.45.